The average Bonchev–Trinajstić information content (AvgIpc) is 2.91. The molecule has 3 aliphatic carbocycles. The third kappa shape index (κ3) is 47.4. The average molecular weight is 1280 g/mol. The van der Waals surface area contributed by atoms with Crippen molar-refractivity contribution in [3.05, 3.63) is 223 Å². The van der Waals surface area contributed by atoms with E-state index < -0.39 is 0 Å². The van der Waals surface area contributed by atoms with E-state index in [0.29, 0.717) is 5.92 Å². The van der Waals surface area contributed by atoms with Gasteiger partial charge in [0.25, 0.3) is 0 Å². The number of hydrogen-bond donors (Lipinski definition) is 0. The number of allylic oxidation sites excluding steroid dienone is 29. The maximum atomic E-state index is 5.08. The Morgan fingerprint density at radius 1 is 0.543 bits per heavy atom. The summed E-state index contributed by atoms with van der Waals surface area (Å²) in [5, 5.41) is 0. The van der Waals surface area contributed by atoms with Gasteiger partial charge in [0, 0.05) is 235 Å². The predicted molar refractivity (Wildman–Crippen MR) is 164 cm³/mol. The van der Waals surface area contributed by atoms with Crippen LogP contribution in [0, 0.1) is 72.1 Å². The molecular weight excluding hydrogens is 1240 g/mol. The molecular formula is C37H36Y9-4. The van der Waals surface area contributed by atoms with Crippen LogP contribution in [0.5, 0.6) is 0 Å². The summed E-state index contributed by atoms with van der Waals surface area (Å²) in [4.78, 5) is 0. The molecule has 0 N–H and O–H groups in total. The van der Waals surface area contributed by atoms with Crippen LogP contribution in [0.2, 0.25) is 0 Å². The number of rotatable bonds is 7. The first-order valence-corrected chi connectivity index (χ1v) is 11.2. The second kappa shape index (κ2) is 65.3. The Kier molecular flexibility index (Phi) is 114. The van der Waals surface area contributed by atoms with Gasteiger partial charge in [0.05, 0.1) is 0 Å². The molecule has 0 saturated heterocycles. The van der Waals surface area contributed by atoms with Gasteiger partial charge in [0.15, 0.2) is 0 Å². The van der Waals surface area contributed by atoms with Gasteiger partial charge >= 0.3 is 65.4 Å². The smallest absolute Gasteiger partial charge is 0.550 e. The number of hydrogen-bond acceptors (Lipinski definition) is 0. The summed E-state index contributed by atoms with van der Waals surface area (Å²) in [6, 6.07) is 0. The molecule has 46 heavy (non-hydrogen) atoms. The standard InChI is InChI=1S/C13H10.C11H10.C7H7.C5H6.CH3.9Y/c1-4-10-6-2-8-12-9-3-7-11(5-1)13(10)12;1-3-5-7-9-11-10-8-6-4-2;1-3-5-7-6-4-2;1-3-5-4-2;;;;;;;;;;/h1-9,13H;1,3-8,11H,2H2;1,3-4,6-7H,2H2;1,3-5H,2H2;1H3;;;;;;;;;/q;-4;-3;-2;-1;;;;;;;;2*+3. The maximum Gasteiger partial charge on any atom is 3.00 e. The summed E-state index contributed by atoms with van der Waals surface area (Å²) in [6.07, 6.45) is 50.8. The van der Waals surface area contributed by atoms with Crippen molar-refractivity contribution in [2.24, 2.45) is 5.92 Å². The van der Waals surface area contributed by atoms with Gasteiger partial charge in [0.1, 0.15) is 0 Å². The van der Waals surface area contributed by atoms with Crippen LogP contribution in [-0.2, 0) is 294 Å². The van der Waals surface area contributed by atoms with Crippen LogP contribution in [0.1, 0.15) is 0 Å². The van der Waals surface area contributed by atoms with E-state index in [2.05, 4.69) is 93.7 Å². The van der Waals surface area contributed by atoms with Crippen LogP contribution in [0.15, 0.2) is 156 Å². The van der Waals surface area contributed by atoms with Gasteiger partial charge < -0.3 is 50.5 Å². The maximum absolute atomic E-state index is 5.08. The molecule has 0 amide bonds. The van der Waals surface area contributed by atoms with Gasteiger partial charge in [-0.15, -0.1) is 0 Å². The van der Waals surface area contributed by atoms with Crippen LogP contribution < -0.4 is 0 Å². The SMILES string of the molecule is C1=CC2=CC=CC3=CC=CC(=C1)C23.[CH-]=CC=C[C-]=C[C-]=CC=C[CH2-].[CH-]=CC=C[CH2-].[CH-]=C[C-]=CC=C[CH2-].[CH3-].[Y+3].[Y+3].[Y].[Y].[Y].[Y].[Y].[Y].[Y]. The molecule has 0 spiro atoms. The van der Waals surface area contributed by atoms with E-state index in [1.807, 2.05) is 0 Å². The largest absolute Gasteiger partial charge is 3.00 e. The van der Waals surface area contributed by atoms with Gasteiger partial charge in [-0.3, -0.25) is 37.5 Å². The molecule has 7 radical (unpaired) electrons. The Hall–Kier alpha value is 5.39. The molecule has 3 rings (SSSR count). The van der Waals surface area contributed by atoms with Crippen LogP contribution in [0.4, 0.5) is 0 Å². The molecule has 0 atom stereocenters. The second-order valence-electron chi connectivity index (χ2n) is 6.68. The van der Waals surface area contributed by atoms with Crippen molar-refractivity contribution in [2.75, 3.05) is 0 Å². The molecule has 0 unspecified atom stereocenters. The van der Waals surface area contributed by atoms with Gasteiger partial charge in [-0.1, -0.05) is 54.7 Å². The predicted octanol–water partition coefficient (Wildman–Crippen LogP) is 9.25. The zero-order valence-electron chi connectivity index (χ0n) is 26.9. The minimum absolute atomic E-state index is 0. The summed E-state index contributed by atoms with van der Waals surface area (Å²) in [7, 11) is 0. The quantitative estimate of drug-likeness (QED) is 0.176. The fourth-order valence-electron chi connectivity index (χ4n) is 2.77. The first-order chi connectivity index (χ1) is 17.7. The van der Waals surface area contributed by atoms with Crippen molar-refractivity contribution >= 4 is 0 Å². The molecule has 0 aliphatic heterocycles. The van der Waals surface area contributed by atoms with E-state index in [1.54, 1.807) is 66.8 Å². The van der Waals surface area contributed by atoms with E-state index in [-0.39, 0.29) is 302 Å². The zero-order chi connectivity index (χ0) is 26.7. The summed E-state index contributed by atoms with van der Waals surface area (Å²) in [6.45, 7) is 25.3. The van der Waals surface area contributed by atoms with Gasteiger partial charge in [-0.25, -0.2) is 63.3 Å². The molecule has 215 valence electrons. The molecule has 0 nitrogen and oxygen atoms in total. The minimum atomic E-state index is 0. The van der Waals surface area contributed by atoms with Gasteiger partial charge in [-0.2, -0.15) is 0 Å². The van der Waals surface area contributed by atoms with Gasteiger partial charge in [0.2, 0.25) is 0 Å². The zero-order valence-corrected chi connectivity index (χ0v) is 52.5. The summed E-state index contributed by atoms with van der Waals surface area (Å²) < 4.78 is 0. The van der Waals surface area contributed by atoms with E-state index in [0.717, 1.165) is 0 Å². The molecule has 0 aromatic rings. The van der Waals surface area contributed by atoms with E-state index in [9.17, 15) is 0 Å². The minimum Gasteiger partial charge on any atom is -0.550 e. The Bertz CT molecular complexity index is 1010. The molecule has 0 aromatic carbocycles. The Morgan fingerprint density at radius 2 is 0.913 bits per heavy atom. The molecule has 0 aromatic heterocycles. The third-order valence-electron chi connectivity index (χ3n) is 4.20. The fourth-order valence-corrected chi connectivity index (χ4v) is 2.77. The topological polar surface area (TPSA) is 0 Å². The van der Waals surface area contributed by atoms with Crippen LogP contribution >= 0.6 is 0 Å². The molecule has 0 fully saturated rings. The van der Waals surface area contributed by atoms with Crippen LogP contribution in [-0.4, -0.2) is 0 Å². The van der Waals surface area contributed by atoms with Crippen molar-refractivity contribution in [3.8, 4) is 0 Å². The molecule has 0 saturated carbocycles. The summed E-state index contributed by atoms with van der Waals surface area (Å²) in [5.41, 5.74) is 4.24. The van der Waals surface area contributed by atoms with Crippen LogP contribution in [0.3, 0.4) is 0 Å². The normalized spacial score (nSPS) is 12.3. The molecule has 0 bridgehead atoms. The fraction of sp³-hybridized carbons (Fsp3) is 0.0270. The monoisotopic (exact) mass is 1280 g/mol. The third-order valence-corrected chi connectivity index (χ3v) is 4.20. The van der Waals surface area contributed by atoms with Gasteiger partial charge in [-0.05, 0) is 16.7 Å². The van der Waals surface area contributed by atoms with E-state index in [1.165, 1.54) is 34.9 Å². The summed E-state index contributed by atoms with van der Waals surface area (Å²) in [5.74, 6) is 0.514. The first kappa shape index (κ1) is 80.0. The molecule has 0 heterocycles. The van der Waals surface area contributed by atoms with Crippen molar-refractivity contribution < 1.29 is 294 Å². The van der Waals surface area contributed by atoms with Crippen molar-refractivity contribution in [2.45, 2.75) is 0 Å². The van der Waals surface area contributed by atoms with E-state index in [4.69, 9.17) is 19.7 Å². The summed E-state index contributed by atoms with van der Waals surface area (Å²) >= 11 is 0. The van der Waals surface area contributed by atoms with Crippen LogP contribution in [0.25, 0.3) is 0 Å². The Balaban J connectivity index is -0.0000000386. The van der Waals surface area contributed by atoms with E-state index >= 15 is 0 Å². The molecule has 9 heteroatoms. The van der Waals surface area contributed by atoms with Crippen molar-refractivity contribution in [3.63, 3.8) is 0 Å². The first-order valence-electron chi connectivity index (χ1n) is 11.2. The van der Waals surface area contributed by atoms with Crippen molar-refractivity contribution in [1.29, 1.82) is 0 Å². The molecule has 3 aliphatic rings. The Morgan fingerprint density at radius 3 is 1.22 bits per heavy atom. The van der Waals surface area contributed by atoms with Crippen molar-refractivity contribution in [1.82, 2.24) is 0 Å². The Labute approximate surface area is 510 Å². The second-order valence-corrected chi connectivity index (χ2v) is 6.68.